The van der Waals surface area contributed by atoms with Crippen molar-refractivity contribution in [2.75, 3.05) is 7.11 Å². The Labute approximate surface area is 106 Å². The molecular weight excluding hydrogens is 226 g/mol. The van der Waals surface area contributed by atoms with E-state index in [2.05, 4.69) is 35.7 Å². The van der Waals surface area contributed by atoms with Gasteiger partial charge in [-0.15, -0.1) is 0 Å². The van der Waals surface area contributed by atoms with Gasteiger partial charge in [-0.05, 0) is 18.6 Å². The Balaban J connectivity index is 2.38. The van der Waals surface area contributed by atoms with Crippen LogP contribution in [0.1, 0.15) is 24.1 Å². The van der Waals surface area contributed by atoms with Crippen molar-refractivity contribution < 1.29 is 9.53 Å². The number of esters is 1. The Morgan fingerprint density at radius 3 is 2.83 bits per heavy atom. The van der Waals surface area contributed by atoms with Gasteiger partial charge in [0.2, 0.25) is 0 Å². The summed E-state index contributed by atoms with van der Waals surface area (Å²) in [6.07, 6.45) is 3.35. The normalized spacial score (nSPS) is 13.1. The summed E-state index contributed by atoms with van der Waals surface area (Å²) in [6.45, 7) is 4.12. The lowest BCUT2D eigenvalue weighted by Gasteiger charge is -2.06. The summed E-state index contributed by atoms with van der Waals surface area (Å²) in [7, 11) is 1.38. The Morgan fingerprint density at radius 2 is 2.11 bits per heavy atom. The molecule has 1 atom stereocenters. The number of ether oxygens (including phenoxy) is 1. The van der Waals surface area contributed by atoms with E-state index in [4.69, 9.17) is 0 Å². The maximum absolute atomic E-state index is 11.1. The topological polar surface area (TPSA) is 42.1 Å². The molecule has 1 aromatic carbocycles. The van der Waals surface area contributed by atoms with E-state index in [1.54, 1.807) is 0 Å². The lowest BCUT2D eigenvalue weighted by Crippen LogP contribution is -1.97. The number of carbonyl (C=O) groups excluding carboxylic acids is 1. The molecule has 1 heterocycles. The number of hydrogen-bond acceptors (Lipinski definition) is 2. The van der Waals surface area contributed by atoms with Crippen LogP contribution in [0.5, 0.6) is 0 Å². The molecule has 0 aliphatic rings. The fourth-order valence-electron chi connectivity index (χ4n) is 2.27. The van der Waals surface area contributed by atoms with Crippen LogP contribution in [-0.2, 0) is 9.53 Å². The molecule has 1 N–H and O–H groups in total. The minimum atomic E-state index is -0.320. The Bertz CT molecular complexity index is 596. The van der Waals surface area contributed by atoms with Crippen molar-refractivity contribution in [1.82, 2.24) is 4.98 Å². The van der Waals surface area contributed by atoms with E-state index in [9.17, 15) is 4.79 Å². The van der Waals surface area contributed by atoms with Crippen molar-refractivity contribution in [3.63, 3.8) is 0 Å². The number of carbonyl (C=O) groups is 1. The van der Waals surface area contributed by atoms with Crippen molar-refractivity contribution in [2.24, 2.45) is 0 Å². The number of rotatable bonds is 3. The summed E-state index contributed by atoms with van der Waals surface area (Å²) in [4.78, 5) is 14.5. The first-order chi connectivity index (χ1) is 8.63. The fourth-order valence-corrected chi connectivity index (χ4v) is 2.27. The van der Waals surface area contributed by atoms with Crippen molar-refractivity contribution in [1.29, 1.82) is 0 Å². The summed E-state index contributed by atoms with van der Waals surface area (Å²) in [6, 6.07) is 8.19. The van der Waals surface area contributed by atoms with E-state index < -0.39 is 0 Å². The molecule has 0 aliphatic carbocycles. The van der Waals surface area contributed by atoms with Crippen LogP contribution < -0.4 is 0 Å². The highest BCUT2D eigenvalue weighted by molar-refractivity contribution is 5.86. The summed E-state index contributed by atoms with van der Waals surface area (Å²) in [5.74, 6) is -0.153. The maximum Gasteiger partial charge on any atom is 0.330 e. The van der Waals surface area contributed by atoms with Gasteiger partial charge in [-0.3, -0.25) is 0 Å². The van der Waals surface area contributed by atoms with E-state index in [0.29, 0.717) is 0 Å². The highest BCUT2D eigenvalue weighted by Crippen LogP contribution is 2.29. The third kappa shape index (κ3) is 2.30. The van der Waals surface area contributed by atoms with E-state index in [-0.39, 0.29) is 11.9 Å². The lowest BCUT2D eigenvalue weighted by atomic mass is 9.97. The first-order valence-electron chi connectivity index (χ1n) is 5.97. The minimum absolute atomic E-state index is 0.167. The number of aryl methyl sites for hydroxylation is 1. The zero-order valence-corrected chi connectivity index (χ0v) is 10.9. The predicted molar refractivity (Wildman–Crippen MR) is 72.6 cm³/mol. The molecule has 0 saturated heterocycles. The van der Waals surface area contributed by atoms with E-state index in [1.165, 1.54) is 24.1 Å². The molecular formula is C15H17NO2. The smallest absolute Gasteiger partial charge is 0.330 e. The number of hydrogen-bond donors (Lipinski definition) is 1. The molecule has 0 amide bonds. The number of aromatic nitrogens is 1. The SMILES string of the molecule is COC(=O)/C=C\[C@H](C)c1c(C)[nH]c2ccccc12. The van der Waals surface area contributed by atoms with E-state index >= 15 is 0 Å². The number of benzene rings is 1. The first-order valence-corrected chi connectivity index (χ1v) is 5.97. The number of aromatic amines is 1. The summed E-state index contributed by atoms with van der Waals surface area (Å²) >= 11 is 0. The van der Waals surface area contributed by atoms with Gasteiger partial charge in [-0.1, -0.05) is 31.2 Å². The number of methoxy groups -OCH3 is 1. The summed E-state index contributed by atoms with van der Waals surface area (Å²) in [5, 5.41) is 1.21. The van der Waals surface area contributed by atoms with E-state index in [0.717, 1.165) is 11.2 Å². The average Bonchev–Trinajstić information content (AvgIpc) is 2.71. The van der Waals surface area contributed by atoms with Crippen LogP contribution in [0.25, 0.3) is 10.9 Å². The number of H-pyrrole nitrogens is 1. The average molecular weight is 243 g/mol. The minimum Gasteiger partial charge on any atom is -0.466 e. The number of para-hydroxylation sites is 1. The highest BCUT2D eigenvalue weighted by atomic mass is 16.5. The van der Waals surface area contributed by atoms with Gasteiger partial charge in [0, 0.05) is 28.6 Å². The molecule has 18 heavy (non-hydrogen) atoms. The lowest BCUT2D eigenvalue weighted by molar-refractivity contribution is -0.134. The molecule has 3 heteroatoms. The standard InChI is InChI=1S/C15H17NO2/c1-10(8-9-14(17)18-3)15-11(2)16-13-7-5-4-6-12(13)15/h4-10,16H,1-3H3/b9-8-/t10-/m0/s1. The maximum atomic E-state index is 11.1. The van der Waals surface area contributed by atoms with Gasteiger partial charge in [0.15, 0.2) is 0 Å². The van der Waals surface area contributed by atoms with Crippen LogP contribution >= 0.6 is 0 Å². The van der Waals surface area contributed by atoms with Crippen molar-refractivity contribution in [2.45, 2.75) is 19.8 Å². The van der Waals surface area contributed by atoms with Gasteiger partial charge in [-0.25, -0.2) is 4.79 Å². The third-order valence-electron chi connectivity index (χ3n) is 3.12. The van der Waals surface area contributed by atoms with Crippen molar-refractivity contribution in [3.05, 3.63) is 47.7 Å². The molecule has 0 fully saturated rings. The van der Waals surface area contributed by atoms with Crippen LogP contribution in [0.3, 0.4) is 0 Å². The number of fused-ring (bicyclic) bond motifs is 1. The largest absolute Gasteiger partial charge is 0.466 e. The van der Waals surface area contributed by atoms with Crippen molar-refractivity contribution >= 4 is 16.9 Å². The third-order valence-corrected chi connectivity index (χ3v) is 3.12. The summed E-state index contributed by atoms with van der Waals surface area (Å²) in [5.41, 5.74) is 3.49. The fraction of sp³-hybridized carbons (Fsp3) is 0.267. The number of allylic oxidation sites excluding steroid dienone is 1. The van der Waals surface area contributed by atoms with Gasteiger partial charge in [0.1, 0.15) is 0 Å². The van der Waals surface area contributed by atoms with Crippen LogP contribution in [0.4, 0.5) is 0 Å². The van der Waals surface area contributed by atoms with E-state index in [1.807, 2.05) is 18.2 Å². The molecule has 1 aromatic heterocycles. The molecule has 0 saturated carbocycles. The highest BCUT2D eigenvalue weighted by Gasteiger charge is 2.12. The second kappa shape index (κ2) is 5.08. The first kappa shape index (κ1) is 12.4. The molecule has 3 nitrogen and oxygen atoms in total. The van der Waals surface area contributed by atoms with Gasteiger partial charge < -0.3 is 9.72 Å². The summed E-state index contributed by atoms with van der Waals surface area (Å²) < 4.78 is 4.60. The molecule has 0 spiro atoms. The predicted octanol–water partition coefficient (Wildman–Crippen LogP) is 3.31. The molecule has 0 bridgehead atoms. The Hall–Kier alpha value is -2.03. The van der Waals surface area contributed by atoms with Crippen LogP contribution in [0.2, 0.25) is 0 Å². The zero-order valence-electron chi connectivity index (χ0n) is 10.9. The molecule has 94 valence electrons. The molecule has 0 aliphatic heterocycles. The molecule has 0 unspecified atom stereocenters. The zero-order chi connectivity index (χ0) is 13.1. The van der Waals surface area contributed by atoms with Gasteiger partial charge >= 0.3 is 5.97 Å². The Kier molecular flexibility index (Phi) is 3.51. The van der Waals surface area contributed by atoms with Gasteiger partial charge in [0.05, 0.1) is 7.11 Å². The van der Waals surface area contributed by atoms with Gasteiger partial charge in [0.25, 0.3) is 0 Å². The number of nitrogens with one attached hydrogen (secondary N) is 1. The quantitative estimate of drug-likeness (QED) is 0.663. The van der Waals surface area contributed by atoms with Crippen LogP contribution in [0, 0.1) is 6.92 Å². The second-order valence-electron chi connectivity index (χ2n) is 4.38. The van der Waals surface area contributed by atoms with Crippen molar-refractivity contribution in [3.8, 4) is 0 Å². The Morgan fingerprint density at radius 1 is 1.39 bits per heavy atom. The second-order valence-corrected chi connectivity index (χ2v) is 4.38. The molecule has 2 aromatic rings. The molecule has 2 rings (SSSR count). The van der Waals surface area contributed by atoms with Crippen LogP contribution in [-0.4, -0.2) is 18.1 Å². The molecule has 0 radical (unpaired) electrons. The van der Waals surface area contributed by atoms with Crippen LogP contribution in [0.15, 0.2) is 36.4 Å². The van der Waals surface area contributed by atoms with Gasteiger partial charge in [-0.2, -0.15) is 0 Å². The monoisotopic (exact) mass is 243 g/mol.